The number of likely N-dealkylation sites (tertiary alicyclic amines) is 1. The Balaban J connectivity index is 1.35. The van der Waals surface area contributed by atoms with E-state index >= 15 is 0 Å². The Morgan fingerprint density at radius 2 is 1.90 bits per heavy atom. The second-order valence-electron chi connectivity index (χ2n) is 11.2. The summed E-state index contributed by atoms with van der Waals surface area (Å²) in [5.74, 6) is -0.842. The highest BCUT2D eigenvalue weighted by molar-refractivity contribution is 5.97. The normalized spacial score (nSPS) is 21.6. The van der Waals surface area contributed by atoms with Crippen molar-refractivity contribution in [2.24, 2.45) is 0 Å². The van der Waals surface area contributed by atoms with E-state index in [1.54, 1.807) is 48.3 Å². The lowest BCUT2D eigenvalue weighted by molar-refractivity contribution is -0.139. The molecule has 10 heteroatoms. The molecule has 0 bridgehead atoms. The van der Waals surface area contributed by atoms with Gasteiger partial charge in [-0.15, -0.1) is 0 Å². The molecule has 5 rings (SSSR count). The third kappa shape index (κ3) is 5.55. The van der Waals surface area contributed by atoms with E-state index in [9.17, 15) is 23.2 Å². The van der Waals surface area contributed by atoms with Gasteiger partial charge in [0, 0.05) is 53.8 Å². The Morgan fingerprint density at radius 3 is 2.61 bits per heavy atom. The minimum absolute atomic E-state index is 0.0650. The molecule has 1 saturated heterocycles. The lowest BCUT2D eigenvalue weighted by Gasteiger charge is -2.30. The maximum Gasteiger partial charge on any atom is 0.243 e. The number of nitrogens with one attached hydrogen (secondary N) is 1. The first-order valence-electron chi connectivity index (χ1n) is 13.6. The fourth-order valence-electron chi connectivity index (χ4n) is 5.70. The Morgan fingerprint density at radius 1 is 1.17 bits per heavy atom. The molecule has 1 aliphatic carbocycles. The smallest absolute Gasteiger partial charge is 0.243 e. The molecular weight excluding hydrogens is 528 g/mol. The highest BCUT2D eigenvalue weighted by Gasteiger charge is 2.40. The number of hydrogen-bond acceptors (Lipinski definition) is 5. The second-order valence-corrected chi connectivity index (χ2v) is 11.2. The number of aryl methyl sites for hydroxylation is 2. The van der Waals surface area contributed by atoms with Gasteiger partial charge in [0.15, 0.2) is 5.78 Å². The molecule has 1 fully saturated rings. The van der Waals surface area contributed by atoms with Crippen molar-refractivity contribution in [3.8, 4) is 0 Å². The number of ketones is 1. The Kier molecular flexibility index (Phi) is 7.59. The Labute approximate surface area is 237 Å². The first-order valence-corrected chi connectivity index (χ1v) is 13.6. The van der Waals surface area contributed by atoms with Crippen molar-refractivity contribution in [1.82, 2.24) is 24.8 Å². The lowest BCUT2D eigenvalue weighted by Crippen LogP contribution is -2.46. The number of Topliss-reactive ketones (excluding diaryl/α,β-unsaturated/α-hetero) is 1. The molecule has 3 atom stereocenters. The van der Waals surface area contributed by atoms with Crippen LogP contribution in [0.15, 0.2) is 42.9 Å². The standard InChI is InChI=1S/C31H33F2N5O3/c1-18-6-5-7-21(29(18)33)12-36-30(41)27-10-23(32)15-38(27)28(40)17-37-16-25(19(2)39)24-11-31(4,9-8-26(24)37)22-13-34-20(3)35-14-22/h5-9,13-14,16,23,27H,10-12,15,17H2,1-4H3,(H,36,41)/t23-,27+,31?/m1/s1. The minimum atomic E-state index is -1.35. The van der Waals surface area contributed by atoms with Crippen LogP contribution in [0.3, 0.4) is 0 Å². The summed E-state index contributed by atoms with van der Waals surface area (Å²) in [6.45, 7) is 6.55. The number of halogens is 2. The zero-order chi connectivity index (χ0) is 29.5. The zero-order valence-electron chi connectivity index (χ0n) is 23.6. The number of rotatable bonds is 7. The molecule has 2 aromatic heterocycles. The van der Waals surface area contributed by atoms with E-state index in [0.29, 0.717) is 28.9 Å². The predicted molar refractivity (Wildman–Crippen MR) is 149 cm³/mol. The Hall–Kier alpha value is -4.21. The second kappa shape index (κ2) is 11.0. The summed E-state index contributed by atoms with van der Waals surface area (Å²) in [6.07, 6.45) is 8.16. The number of aromatic nitrogens is 3. The number of benzene rings is 1. The van der Waals surface area contributed by atoms with Crippen LogP contribution in [0.5, 0.6) is 0 Å². The number of hydrogen-bond donors (Lipinski definition) is 1. The van der Waals surface area contributed by atoms with Gasteiger partial charge in [-0.2, -0.15) is 0 Å². The first kappa shape index (κ1) is 28.3. The minimum Gasteiger partial charge on any atom is -0.350 e. The number of nitrogens with zero attached hydrogens (tertiary/aromatic N) is 4. The van der Waals surface area contributed by atoms with Crippen LogP contribution < -0.4 is 5.32 Å². The van der Waals surface area contributed by atoms with E-state index in [-0.39, 0.29) is 31.8 Å². The van der Waals surface area contributed by atoms with Crippen molar-refractivity contribution in [1.29, 1.82) is 0 Å². The van der Waals surface area contributed by atoms with Crippen molar-refractivity contribution in [2.75, 3.05) is 6.54 Å². The van der Waals surface area contributed by atoms with Gasteiger partial charge in [0.1, 0.15) is 30.4 Å². The van der Waals surface area contributed by atoms with E-state index in [4.69, 9.17) is 0 Å². The number of carbonyl (C=O) groups excluding carboxylic acids is 3. The van der Waals surface area contributed by atoms with Crippen LogP contribution in [0.4, 0.5) is 8.78 Å². The highest BCUT2D eigenvalue weighted by Crippen LogP contribution is 2.38. The van der Waals surface area contributed by atoms with E-state index < -0.39 is 35.3 Å². The topological polar surface area (TPSA) is 97.2 Å². The molecule has 1 N–H and O–H groups in total. The maximum absolute atomic E-state index is 14.5. The lowest BCUT2D eigenvalue weighted by atomic mass is 9.74. The maximum atomic E-state index is 14.5. The number of amides is 2. The van der Waals surface area contributed by atoms with Crippen LogP contribution in [0.25, 0.3) is 6.08 Å². The van der Waals surface area contributed by atoms with E-state index in [2.05, 4.69) is 15.3 Å². The largest absolute Gasteiger partial charge is 0.350 e. The molecule has 1 unspecified atom stereocenters. The van der Waals surface area contributed by atoms with E-state index in [1.807, 2.05) is 26.0 Å². The van der Waals surface area contributed by atoms with Crippen LogP contribution in [-0.2, 0) is 34.5 Å². The van der Waals surface area contributed by atoms with E-state index in [0.717, 1.165) is 16.8 Å². The van der Waals surface area contributed by atoms with Gasteiger partial charge in [0.25, 0.3) is 0 Å². The summed E-state index contributed by atoms with van der Waals surface area (Å²) in [6, 6.07) is 3.89. The zero-order valence-corrected chi connectivity index (χ0v) is 23.6. The first-order chi connectivity index (χ1) is 19.5. The average Bonchev–Trinajstić information content (AvgIpc) is 3.50. The van der Waals surface area contributed by atoms with Gasteiger partial charge in [0.05, 0.1) is 6.54 Å². The molecule has 2 amide bonds. The van der Waals surface area contributed by atoms with E-state index in [1.165, 1.54) is 11.8 Å². The van der Waals surface area contributed by atoms with Gasteiger partial charge in [0.2, 0.25) is 11.8 Å². The summed E-state index contributed by atoms with van der Waals surface area (Å²) < 4.78 is 30.6. The van der Waals surface area contributed by atoms with Crippen LogP contribution >= 0.6 is 0 Å². The molecule has 2 aliphatic rings. The monoisotopic (exact) mass is 561 g/mol. The number of carbonyl (C=O) groups is 3. The van der Waals surface area contributed by atoms with Gasteiger partial charge in [-0.1, -0.05) is 31.2 Å². The molecule has 3 heterocycles. The molecule has 0 radical (unpaired) electrons. The molecule has 214 valence electrons. The quantitative estimate of drug-likeness (QED) is 0.440. The number of alkyl halides is 1. The van der Waals surface area contributed by atoms with Gasteiger partial charge < -0.3 is 14.8 Å². The molecule has 0 spiro atoms. The summed E-state index contributed by atoms with van der Waals surface area (Å²) in [4.78, 5) is 49.0. The van der Waals surface area contributed by atoms with Crippen LogP contribution in [0.1, 0.15) is 64.4 Å². The molecule has 1 aromatic carbocycles. The predicted octanol–water partition coefficient (Wildman–Crippen LogP) is 4.02. The molecule has 1 aliphatic heterocycles. The average molecular weight is 562 g/mol. The number of fused-ring (bicyclic) bond motifs is 1. The Bertz CT molecular complexity index is 1550. The van der Waals surface area contributed by atoms with Gasteiger partial charge in [-0.05, 0) is 50.0 Å². The summed E-state index contributed by atoms with van der Waals surface area (Å²) in [5.41, 5.74) is 3.29. The SMILES string of the molecule is CC(=O)c1cn(CC(=O)N2C[C@H](F)C[C@H]2C(=O)NCc2cccc(C)c2F)c2c1CC(C)(c1cnc(C)nc1)C=C2. The van der Waals surface area contributed by atoms with Crippen LogP contribution in [-0.4, -0.2) is 55.8 Å². The summed E-state index contributed by atoms with van der Waals surface area (Å²) >= 11 is 0. The molecular formula is C31H33F2N5O3. The van der Waals surface area contributed by atoms with Crippen molar-refractivity contribution in [3.05, 3.63) is 88.0 Å². The van der Waals surface area contributed by atoms with Crippen molar-refractivity contribution < 1.29 is 23.2 Å². The van der Waals surface area contributed by atoms with Crippen molar-refractivity contribution in [3.63, 3.8) is 0 Å². The fraction of sp³-hybridized carbons (Fsp3) is 0.387. The molecule has 3 aromatic rings. The van der Waals surface area contributed by atoms with Crippen molar-refractivity contribution >= 4 is 23.7 Å². The third-order valence-corrected chi connectivity index (χ3v) is 8.10. The molecule has 0 saturated carbocycles. The highest BCUT2D eigenvalue weighted by atomic mass is 19.1. The summed E-state index contributed by atoms with van der Waals surface area (Å²) in [7, 11) is 0. The number of allylic oxidation sites excluding steroid dienone is 1. The van der Waals surface area contributed by atoms with Gasteiger partial charge >= 0.3 is 0 Å². The third-order valence-electron chi connectivity index (χ3n) is 8.10. The van der Waals surface area contributed by atoms with Gasteiger partial charge in [-0.3, -0.25) is 14.4 Å². The fourth-order valence-corrected chi connectivity index (χ4v) is 5.70. The summed E-state index contributed by atoms with van der Waals surface area (Å²) in [5, 5.41) is 2.66. The molecule has 41 heavy (non-hydrogen) atoms. The van der Waals surface area contributed by atoms with Crippen LogP contribution in [0.2, 0.25) is 0 Å². The van der Waals surface area contributed by atoms with Crippen LogP contribution in [0, 0.1) is 19.7 Å². The van der Waals surface area contributed by atoms with Gasteiger partial charge in [-0.25, -0.2) is 18.7 Å². The van der Waals surface area contributed by atoms with Crippen molar-refractivity contribution in [2.45, 2.75) is 71.3 Å². The molecule has 8 nitrogen and oxygen atoms in total.